The number of nitrogens with zero attached hydrogens (tertiary/aromatic N) is 4. The molecule has 0 amide bonds. The Morgan fingerprint density at radius 3 is 2.85 bits per heavy atom. The van der Waals surface area contributed by atoms with Crippen LogP contribution in [0, 0.1) is 5.92 Å². The lowest BCUT2D eigenvalue weighted by Crippen LogP contribution is -2.51. The fourth-order valence-electron chi connectivity index (χ4n) is 4.91. The highest BCUT2D eigenvalue weighted by Crippen LogP contribution is 2.26. The molecule has 3 aliphatic heterocycles. The summed E-state index contributed by atoms with van der Waals surface area (Å²) in [7, 11) is 2.17. The van der Waals surface area contributed by atoms with Crippen molar-refractivity contribution in [2.24, 2.45) is 15.9 Å². The summed E-state index contributed by atoms with van der Waals surface area (Å²) < 4.78 is 5.61. The van der Waals surface area contributed by atoms with E-state index in [1.807, 2.05) is 12.4 Å². The molecule has 2 N–H and O–H groups in total. The summed E-state index contributed by atoms with van der Waals surface area (Å²) in [5.41, 5.74) is 4.35. The maximum absolute atomic E-state index is 5.61. The Kier molecular flexibility index (Phi) is 8.77. The molecule has 1 aromatic carbocycles. The second-order valence-corrected chi connectivity index (χ2v) is 9.31. The average molecular weight is 465 g/mol. The van der Waals surface area contributed by atoms with Crippen LogP contribution in [0.2, 0.25) is 0 Å². The number of aliphatic imine (C=N–C) groups is 2. The monoisotopic (exact) mass is 464 g/mol. The zero-order valence-electron chi connectivity index (χ0n) is 21.0. The number of anilines is 1. The largest absolute Gasteiger partial charge is 0.380 e. The van der Waals surface area contributed by atoms with Crippen LogP contribution in [0.1, 0.15) is 38.7 Å². The van der Waals surface area contributed by atoms with E-state index in [1.165, 1.54) is 18.5 Å². The van der Waals surface area contributed by atoms with Gasteiger partial charge in [0.25, 0.3) is 0 Å². The van der Waals surface area contributed by atoms with Gasteiger partial charge >= 0.3 is 0 Å². The highest BCUT2D eigenvalue weighted by atomic mass is 16.5. The maximum Gasteiger partial charge on any atom is 0.133 e. The predicted molar refractivity (Wildman–Crippen MR) is 143 cm³/mol. The summed E-state index contributed by atoms with van der Waals surface area (Å²) in [5, 5.41) is 7.00. The van der Waals surface area contributed by atoms with Gasteiger partial charge in [-0.2, -0.15) is 0 Å². The second-order valence-electron chi connectivity index (χ2n) is 9.31. The number of amidine groups is 1. The van der Waals surface area contributed by atoms with Crippen molar-refractivity contribution in [2.45, 2.75) is 39.2 Å². The zero-order chi connectivity index (χ0) is 23.8. The van der Waals surface area contributed by atoms with Crippen molar-refractivity contribution in [1.29, 1.82) is 0 Å². The van der Waals surface area contributed by atoms with Crippen molar-refractivity contribution in [3.05, 3.63) is 48.3 Å². The number of fused-ring (bicyclic) bond motifs is 1. The van der Waals surface area contributed by atoms with Crippen molar-refractivity contribution in [3.63, 3.8) is 0 Å². The van der Waals surface area contributed by atoms with E-state index >= 15 is 0 Å². The summed E-state index contributed by atoms with van der Waals surface area (Å²) in [6.07, 6.45) is 9.33. The van der Waals surface area contributed by atoms with E-state index in [4.69, 9.17) is 9.73 Å². The molecule has 0 aromatic heterocycles. The molecule has 1 aromatic rings. The molecule has 7 nitrogen and oxygen atoms in total. The lowest BCUT2D eigenvalue weighted by atomic mass is 9.99. The molecule has 0 saturated carbocycles. The van der Waals surface area contributed by atoms with E-state index < -0.39 is 0 Å². The second kappa shape index (κ2) is 12.2. The first kappa shape index (κ1) is 24.5. The van der Waals surface area contributed by atoms with Gasteiger partial charge in [0.2, 0.25) is 0 Å². The van der Waals surface area contributed by atoms with E-state index in [0.717, 1.165) is 75.2 Å². The molecule has 0 spiro atoms. The van der Waals surface area contributed by atoms with Crippen LogP contribution in [0.15, 0.2) is 52.7 Å². The first-order chi connectivity index (χ1) is 16.7. The smallest absolute Gasteiger partial charge is 0.133 e. The van der Waals surface area contributed by atoms with Crippen LogP contribution in [0.25, 0.3) is 5.70 Å². The standard InChI is InChI=1S/C27H40N6O/c1-4-7-21(19-28-5-2)20-32(3)27-26-25(29-12-13-30-26)18-24(31-27)22-8-10-23(11-9-22)33-14-6-16-34-17-15-33/h8-13,18,21,26,28,30H,4-7,14-17,19-20H2,1-3H3. The summed E-state index contributed by atoms with van der Waals surface area (Å²) in [6.45, 7) is 11.1. The van der Waals surface area contributed by atoms with Gasteiger partial charge in [-0.05, 0) is 50.1 Å². The van der Waals surface area contributed by atoms with Crippen LogP contribution in [-0.2, 0) is 4.74 Å². The topological polar surface area (TPSA) is 64.5 Å². The van der Waals surface area contributed by atoms with Crippen LogP contribution in [-0.4, -0.2) is 75.5 Å². The normalized spacial score (nSPS) is 21.0. The van der Waals surface area contributed by atoms with Gasteiger partial charge in [0.05, 0.1) is 18.0 Å². The molecule has 1 fully saturated rings. The fourth-order valence-corrected chi connectivity index (χ4v) is 4.91. The van der Waals surface area contributed by atoms with Crippen molar-refractivity contribution >= 4 is 22.9 Å². The fraction of sp³-hybridized carbons (Fsp3) is 0.556. The predicted octanol–water partition coefficient (Wildman–Crippen LogP) is 3.51. The van der Waals surface area contributed by atoms with Crippen LogP contribution < -0.4 is 15.5 Å². The van der Waals surface area contributed by atoms with E-state index in [2.05, 4.69) is 76.7 Å². The van der Waals surface area contributed by atoms with Gasteiger partial charge in [-0.15, -0.1) is 0 Å². The Morgan fingerprint density at radius 2 is 2.06 bits per heavy atom. The molecule has 34 heavy (non-hydrogen) atoms. The van der Waals surface area contributed by atoms with Gasteiger partial charge in [0.1, 0.15) is 11.9 Å². The zero-order valence-corrected chi connectivity index (χ0v) is 21.0. The van der Waals surface area contributed by atoms with E-state index in [-0.39, 0.29) is 6.04 Å². The van der Waals surface area contributed by atoms with Gasteiger partial charge < -0.3 is 25.2 Å². The molecule has 184 valence electrons. The first-order valence-corrected chi connectivity index (χ1v) is 12.8. The Hall–Kier alpha value is -2.64. The van der Waals surface area contributed by atoms with Crippen molar-refractivity contribution in [1.82, 2.24) is 15.5 Å². The van der Waals surface area contributed by atoms with Gasteiger partial charge in [0.15, 0.2) is 0 Å². The molecule has 2 atom stereocenters. The van der Waals surface area contributed by atoms with Crippen molar-refractivity contribution in [2.75, 3.05) is 57.9 Å². The number of nitrogens with one attached hydrogen (secondary N) is 2. The number of hydrogen-bond donors (Lipinski definition) is 2. The summed E-state index contributed by atoms with van der Waals surface area (Å²) in [4.78, 5) is 14.6. The van der Waals surface area contributed by atoms with Crippen molar-refractivity contribution in [3.8, 4) is 0 Å². The lowest BCUT2D eigenvalue weighted by Gasteiger charge is -2.34. The molecule has 0 bridgehead atoms. The molecule has 3 aliphatic rings. The summed E-state index contributed by atoms with van der Waals surface area (Å²) in [6, 6.07) is 8.79. The molecule has 2 unspecified atom stereocenters. The molecule has 7 heteroatoms. The molecular formula is C27H40N6O. The Morgan fingerprint density at radius 1 is 1.21 bits per heavy atom. The third-order valence-corrected chi connectivity index (χ3v) is 6.69. The quantitative estimate of drug-likeness (QED) is 0.586. The average Bonchev–Trinajstić information content (AvgIpc) is 3.16. The van der Waals surface area contributed by atoms with Gasteiger partial charge in [0, 0.05) is 56.9 Å². The third-order valence-electron chi connectivity index (χ3n) is 6.69. The number of hydrogen-bond acceptors (Lipinski definition) is 7. The lowest BCUT2D eigenvalue weighted by molar-refractivity contribution is 0.152. The number of rotatable bonds is 9. The van der Waals surface area contributed by atoms with Crippen LogP contribution >= 0.6 is 0 Å². The minimum absolute atomic E-state index is 0.00321. The molecular weight excluding hydrogens is 424 g/mol. The molecule has 0 aliphatic carbocycles. The summed E-state index contributed by atoms with van der Waals surface area (Å²) in [5.74, 6) is 1.62. The Labute approximate surface area is 204 Å². The molecule has 3 heterocycles. The Bertz CT molecular complexity index is 912. The maximum atomic E-state index is 5.61. The van der Waals surface area contributed by atoms with Crippen LogP contribution in [0.3, 0.4) is 0 Å². The highest BCUT2D eigenvalue weighted by Gasteiger charge is 2.30. The SMILES string of the molecule is CCCC(CNCC)CN(C)C1=NC(c2ccc(N3CCCOCC3)cc2)=CC2=NC=CNC21. The first-order valence-electron chi connectivity index (χ1n) is 12.8. The summed E-state index contributed by atoms with van der Waals surface area (Å²) >= 11 is 0. The van der Waals surface area contributed by atoms with Gasteiger partial charge in [-0.3, -0.25) is 4.99 Å². The van der Waals surface area contributed by atoms with Crippen molar-refractivity contribution < 1.29 is 4.74 Å². The Balaban J connectivity index is 1.55. The minimum Gasteiger partial charge on any atom is -0.380 e. The minimum atomic E-state index is -0.00321. The third kappa shape index (κ3) is 6.07. The van der Waals surface area contributed by atoms with E-state index in [9.17, 15) is 0 Å². The number of ether oxygens (including phenoxy) is 1. The highest BCUT2D eigenvalue weighted by molar-refractivity contribution is 6.21. The number of likely N-dealkylation sites (N-methyl/N-ethyl adjacent to an activating group) is 1. The number of benzene rings is 1. The van der Waals surface area contributed by atoms with Gasteiger partial charge in [-0.1, -0.05) is 32.4 Å². The molecule has 4 rings (SSSR count). The van der Waals surface area contributed by atoms with Crippen LogP contribution in [0.5, 0.6) is 0 Å². The van der Waals surface area contributed by atoms with Crippen LogP contribution in [0.4, 0.5) is 5.69 Å². The molecule has 0 radical (unpaired) electrons. The van der Waals surface area contributed by atoms with E-state index in [0.29, 0.717) is 5.92 Å². The van der Waals surface area contributed by atoms with E-state index in [1.54, 1.807) is 0 Å². The molecule has 1 saturated heterocycles. The van der Waals surface area contributed by atoms with Gasteiger partial charge in [-0.25, -0.2) is 4.99 Å².